The molecule has 1 amide bonds. The molecular formula is C20H17N3O2. The first-order valence-corrected chi connectivity index (χ1v) is 8.15. The van der Waals surface area contributed by atoms with Gasteiger partial charge in [-0.1, -0.05) is 6.07 Å². The van der Waals surface area contributed by atoms with Crippen LogP contribution in [0.15, 0.2) is 48.5 Å². The minimum Gasteiger partial charge on any atom is -0.491 e. The molecule has 0 aliphatic carbocycles. The van der Waals surface area contributed by atoms with Crippen molar-refractivity contribution in [2.24, 2.45) is 0 Å². The van der Waals surface area contributed by atoms with Gasteiger partial charge < -0.3 is 9.64 Å². The van der Waals surface area contributed by atoms with Crippen LogP contribution in [-0.4, -0.2) is 30.0 Å². The summed E-state index contributed by atoms with van der Waals surface area (Å²) in [5.41, 5.74) is 1.67. The average Bonchev–Trinajstić information content (AvgIpc) is 3.14. The molecule has 5 heteroatoms. The Morgan fingerprint density at radius 2 is 1.88 bits per heavy atom. The van der Waals surface area contributed by atoms with E-state index >= 15 is 0 Å². The van der Waals surface area contributed by atoms with Crippen molar-refractivity contribution >= 4 is 5.91 Å². The molecular weight excluding hydrogens is 314 g/mol. The van der Waals surface area contributed by atoms with Crippen LogP contribution in [0.1, 0.15) is 34.3 Å². The molecule has 0 radical (unpaired) electrons. The van der Waals surface area contributed by atoms with E-state index in [1.807, 2.05) is 11.0 Å². The Morgan fingerprint density at radius 3 is 2.60 bits per heavy atom. The van der Waals surface area contributed by atoms with Gasteiger partial charge in [-0.05, 0) is 55.3 Å². The Kier molecular flexibility index (Phi) is 4.97. The van der Waals surface area contributed by atoms with Gasteiger partial charge in [0, 0.05) is 12.1 Å². The summed E-state index contributed by atoms with van der Waals surface area (Å²) in [5, 5.41) is 17.8. The molecule has 1 saturated heterocycles. The smallest absolute Gasteiger partial charge is 0.254 e. The first kappa shape index (κ1) is 16.5. The van der Waals surface area contributed by atoms with Crippen LogP contribution in [0.3, 0.4) is 0 Å². The number of amides is 1. The molecule has 1 aliphatic heterocycles. The SMILES string of the molecule is N#Cc1ccc(C(=O)N2CCC[C@@H]2COc2cccc(C#N)c2)cc1. The third-order valence-corrected chi connectivity index (χ3v) is 4.30. The molecule has 1 atom stereocenters. The van der Waals surface area contributed by atoms with Gasteiger partial charge in [0.25, 0.3) is 5.91 Å². The number of likely N-dealkylation sites (tertiary alicyclic amines) is 1. The minimum atomic E-state index is -0.0404. The lowest BCUT2D eigenvalue weighted by Crippen LogP contribution is -2.39. The summed E-state index contributed by atoms with van der Waals surface area (Å²) in [5.74, 6) is 0.595. The van der Waals surface area contributed by atoms with Crippen LogP contribution in [0.5, 0.6) is 5.75 Å². The summed E-state index contributed by atoms with van der Waals surface area (Å²) in [7, 11) is 0. The number of carbonyl (C=O) groups is 1. The molecule has 2 aromatic carbocycles. The third kappa shape index (κ3) is 3.79. The van der Waals surface area contributed by atoms with Gasteiger partial charge in [-0.25, -0.2) is 0 Å². The molecule has 0 spiro atoms. The van der Waals surface area contributed by atoms with Crippen LogP contribution in [0, 0.1) is 22.7 Å². The molecule has 1 heterocycles. The highest BCUT2D eigenvalue weighted by Crippen LogP contribution is 2.22. The van der Waals surface area contributed by atoms with Gasteiger partial charge >= 0.3 is 0 Å². The molecule has 0 N–H and O–H groups in total. The first-order chi connectivity index (χ1) is 12.2. The molecule has 2 aromatic rings. The van der Waals surface area contributed by atoms with Gasteiger partial charge in [0.15, 0.2) is 0 Å². The fourth-order valence-corrected chi connectivity index (χ4v) is 2.98. The number of carbonyl (C=O) groups excluding carboxylic acids is 1. The number of nitriles is 2. The summed E-state index contributed by atoms with van der Waals surface area (Å²) in [6.45, 7) is 1.10. The molecule has 0 aromatic heterocycles. The summed E-state index contributed by atoms with van der Waals surface area (Å²) >= 11 is 0. The van der Waals surface area contributed by atoms with Gasteiger partial charge in [-0.15, -0.1) is 0 Å². The van der Waals surface area contributed by atoms with Crippen molar-refractivity contribution in [3.8, 4) is 17.9 Å². The highest BCUT2D eigenvalue weighted by atomic mass is 16.5. The second-order valence-corrected chi connectivity index (χ2v) is 5.93. The third-order valence-electron chi connectivity index (χ3n) is 4.30. The number of hydrogen-bond acceptors (Lipinski definition) is 4. The summed E-state index contributed by atoms with van der Waals surface area (Å²) in [4.78, 5) is 14.5. The highest BCUT2D eigenvalue weighted by Gasteiger charge is 2.29. The largest absolute Gasteiger partial charge is 0.491 e. The number of nitrogens with zero attached hydrogens (tertiary/aromatic N) is 3. The predicted octanol–water partition coefficient (Wildman–Crippen LogP) is 3.11. The molecule has 25 heavy (non-hydrogen) atoms. The van der Waals surface area contributed by atoms with Crippen LogP contribution in [0.25, 0.3) is 0 Å². The Bertz CT molecular complexity index is 846. The molecule has 0 saturated carbocycles. The van der Waals surface area contributed by atoms with E-state index in [1.165, 1.54) is 0 Å². The Balaban J connectivity index is 1.66. The zero-order valence-corrected chi connectivity index (χ0v) is 13.7. The lowest BCUT2D eigenvalue weighted by atomic mass is 10.1. The van der Waals surface area contributed by atoms with Crippen LogP contribution in [-0.2, 0) is 0 Å². The fraction of sp³-hybridized carbons (Fsp3) is 0.250. The van der Waals surface area contributed by atoms with Crippen molar-refractivity contribution in [1.82, 2.24) is 4.90 Å². The molecule has 0 bridgehead atoms. The van der Waals surface area contributed by atoms with E-state index in [2.05, 4.69) is 12.1 Å². The Hall–Kier alpha value is -3.31. The lowest BCUT2D eigenvalue weighted by Gasteiger charge is -2.25. The van der Waals surface area contributed by atoms with Crippen LogP contribution in [0.4, 0.5) is 0 Å². The maximum Gasteiger partial charge on any atom is 0.254 e. The Morgan fingerprint density at radius 1 is 1.12 bits per heavy atom. The van der Waals surface area contributed by atoms with E-state index in [4.69, 9.17) is 15.3 Å². The normalized spacial score (nSPS) is 16.1. The van der Waals surface area contributed by atoms with Gasteiger partial charge in [0.1, 0.15) is 12.4 Å². The zero-order valence-electron chi connectivity index (χ0n) is 13.7. The van der Waals surface area contributed by atoms with E-state index in [0.29, 0.717) is 35.6 Å². The van der Waals surface area contributed by atoms with Crippen molar-refractivity contribution in [2.75, 3.05) is 13.2 Å². The van der Waals surface area contributed by atoms with Crippen molar-refractivity contribution in [3.05, 3.63) is 65.2 Å². The molecule has 3 rings (SSSR count). The molecule has 1 fully saturated rings. The fourth-order valence-electron chi connectivity index (χ4n) is 2.98. The van der Waals surface area contributed by atoms with E-state index in [0.717, 1.165) is 12.8 Å². The van der Waals surface area contributed by atoms with Gasteiger partial charge in [0.2, 0.25) is 0 Å². The van der Waals surface area contributed by atoms with Crippen LogP contribution in [0.2, 0.25) is 0 Å². The van der Waals surface area contributed by atoms with Gasteiger partial charge in [-0.3, -0.25) is 4.79 Å². The average molecular weight is 331 g/mol. The van der Waals surface area contributed by atoms with Crippen molar-refractivity contribution < 1.29 is 9.53 Å². The molecule has 0 unspecified atom stereocenters. The summed E-state index contributed by atoms with van der Waals surface area (Å²) in [6.07, 6.45) is 1.83. The van der Waals surface area contributed by atoms with E-state index < -0.39 is 0 Å². The number of ether oxygens (including phenoxy) is 1. The molecule has 124 valence electrons. The Labute approximate surface area is 146 Å². The van der Waals surface area contributed by atoms with E-state index in [9.17, 15) is 4.79 Å². The number of benzene rings is 2. The highest BCUT2D eigenvalue weighted by molar-refractivity contribution is 5.94. The summed E-state index contributed by atoms with van der Waals surface area (Å²) in [6, 6.07) is 17.8. The number of rotatable bonds is 4. The van der Waals surface area contributed by atoms with Gasteiger partial charge in [0.05, 0.1) is 29.3 Å². The summed E-state index contributed by atoms with van der Waals surface area (Å²) < 4.78 is 5.80. The predicted molar refractivity (Wildman–Crippen MR) is 91.9 cm³/mol. The second-order valence-electron chi connectivity index (χ2n) is 5.93. The van der Waals surface area contributed by atoms with Crippen LogP contribution >= 0.6 is 0 Å². The maximum atomic E-state index is 12.7. The second kappa shape index (κ2) is 7.51. The quantitative estimate of drug-likeness (QED) is 0.862. The van der Waals surface area contributed by atoms with E-state index in [-0.39, 0.29) is 11.9 Å². The van der Waals surface area contributed by atoms with Crippen molar-refractivity contribution in [2.45, 2.75) is 18.9 Å². The number of hydrogen-bond donors (Lipinski definition) is 0. The maximum absolute atomic E-state index is 12.7. The minimum absolute atomic E-state index is 0.00823. The van der Waals surface area contributed by atoms with Crippen molar-refractivity contribution in [3.63, 3.8) is 0 Å². The van der Waals surface area contributed by atoms with Crippen LogP contribution < -0.4 is 4.74 Å². The molecule has 1 aliphatic rings. The molecule has 5 nitrogen and oxygen atoms in total. The lowest BCUT2D eigenvalue weighted by molar-refractivity contribution is 0.0691. The standard InChI is InChI=1S/C20H17N3O2/c21-12-15-6-8-17(9-7-15)20(24)23-10-2-4-18(23)14-25-19-5-1-3-16(11-19)13-22/h1,3,5-9,11,18H,2,4,10,14H2/t18-/m1/s1. The first-order valence-electron chi connectivity index (χ1n) is 8.15. The zero-order chi connectivity index (χ0) is 17.6. The monoisotopic (exact) mass is 331 g/mol. The van der Waals surface area contributed by atoms with E-state index in [1.54, 1.807) is 42.5 Å². The topological polar surface area (TPSA) is 77.1 Å². The van der Waals surface area contributed by atoms with Gasteiger partial charge in [-0.2, -0.15) is 10.5 Å². The van der Waals surface area contributed by atoms with Crippen molar-refractivity contribution in [1.29, 1.82) is 10.5 Å².